The van der Waals surface area contributed by atoms with Crippen LogP contribution in [0.5, 0.6) is 0 Å². The van der Waals surface area contributed by atoms with Gasteiger partial charge in [0, 0.05) is 45.4 Å². The molecule has 2 rings (SSSR count). The SMILES string of the molecule is COC1CN(Cc2ccc(CN)cc2Cl)CC1OC. The Kier molecular flexibility index (Phi) is 5.19. The van der Waals surface area contributed by atoms with Crippen molar-refractivity contribution in [2.45, 2.75) is 25.3 Å². The minimum atomic E-state index is 0.132. The van der Waals surface area contributed by atoms with Crippen molar-refractivity contribution in [2.24, 2.45) is 5.73 Å². The molecule has 0 amide bonds. The highest BCUT2D eigenvalue weighted by Crippen LogP contribution is 2.23. The number of hydrogen-bond acceptors (Lipinski definition) is 4. The first-order valence-electron chi connectivity index (χ1n) is 6.43. The van der Waals surface area contributed by atoms with E-state index < -0.39 is 0 Å². The van der Waals surface area contributed by atoms with Gasteiger partial charge in [-0.05, 0) is 17.2 Å². The van der Waals surface area contributed by atoms with Crippen molar-refractivity contribution in [2.75, 3.05) is 27.3 Å². The van der Waals surface area contributed by atoms with Gasteiger partial charge in [-0.1, -0.05) is 23.7 Å². The Morgan fingerprint density at radius 2 is 1.89 bits per heavy atom. The summed E-state index contributed by atoms with van der Waals surface area (Å²) >= 11 is 6.28. The quantitative estimate of drug-likeness (QED) is 0.893. The summed E-state index contributed by atoms with van der Waals surface area (Å²) in [6.07, 6.45) is 0.263. The number of hydrogen-bond donors (Lipinski definition) is 1. The summed E-state index contributed by atoms with van der Waals surface area (Å²) in [7, 11) is 3.45. The van der Waals surface area contributed by atoms with Crippen molar-refractivity contribution < 1.29 is 9.47 Å². The molecule has 2 N–H and O–H groups in total. The van der Waals surface area contributed by atoms with Crippen molar-refractivity contribution in [3.63, 3.8) is 0 Å². The molecule has 0 spiro atoms. The maximum atomic E-state index is 6.28. The van der Waals surface area contributed by atoms with Crippen LogP contribution in [0.3, 0.4) is 0 Å². The lowest BCUT2D eigenvalue weighted by atomic mass is 10.1. The molecule has 1 aromatic rings. The zero-order chi connectivity index (χ0) is 13.8. The Bertz CT molecular complexity index is 416. The third-order valence-corrected chi connectivity index (χ3v) is 4.00. The largest absolute Gasteiger partial charge is 0.377 e. The zero-order valence-electron chi connectivity index (χ0n) is 11.4. The van der Waals surface area contributed by atoms with E-state index in [2.05, 4.69) is 4.90 Å². The Morgan fingerprint density at radius 1 is 1.26 bits per heavy atom. The second kappa shape index (κ2) is 6.68. The zero-order valence-corrected chi connectivity index (χ0v) is 12.2. The summed E-state index contributed by atoms with van der Waals surface area (Å²) in [6, 6.07) is 6.01. The summed E-state index contributed by atoms with van der Waals surface area (Å²) in [6.45, 7) is 3.05. The lowest BCUT2D eigenvalue weighted by molar-refractivity contribution is -0.00461. The van der Waals surface area contributed by atoms with Crippen molar-refractivity contribution in [1.82, 2.24) is 4.90 Å². The van der Waals surface area contributed by atoms with Gasteiger partial charge < -0.3 is 15.2 Å². The highest BCUT2D eigenvalue weighted by Gasteiger charge is 2.32. The van der Waals surface area contributed by atoms with Gasteiger partial charge in [-0.3, -0.25) is 4.90 Å². The first-order valence-corrected chi connectivity index (χ1v) is 6.81. The fraction of sp³-hybridized carbons (Fsp3) is 0.571. The van der Waals surface area contributed by atoms with Gasteiger partial charge >= 0.3 is 0 Å². The molecule has 1 aliphatic heterocycles. The number of methoxy groups -OCH3 is 2. The first-order chi connectivity index (χ1) is 9.17. The smallest absolute Gasteiger partial charge is 0.0971 e. The van der Waals surface area contributed by atoms with E-state index in [4.69, 9.17) is 26.8 Å². The van der Waals surface area contributed by atoms with Crippen molar-refractivity contribution in [1.29, 1.82) is 0 Å². The van der Waals surface area contributed by atoms with Crippen molar-refractivity contribution in [3.8, 4) is 0 Å². The van der Waals surface area contributed by atoms with Gasteiger partial charge in [-0.2, -0.15) is 0 Å². The highest BCUT2D eigenvalue weighted by molar-refractivity contribution is 6.31. The van der Waals surface area contributed by atoms with Crippen LogP contribution in [0.4, 0.5) is 0 Å². The van der Waals surface area contributed by atoms with Crippen LogP contribution in [0.2, 0.25) is 5.02 Å². The number of ether oxygens (including phenoxy) is 2. The fourth-order valence-electron chi connectivity index (χ4n) is 2.49. The van der Waals surface area contributed by atoms with Crippen molar-refractivity contribution >= 4 is 11.6 Å². The van der Waals surface area contributed by atoms with Crippen LogP contribution in [0.1, 0.15) is 11.1 Å². The molecule has 0 saturated carbocycles. The lowest BCUT2D eigenvalue weighted by Crippen LogP contribution is -2.27. The van der Waals surface area contributed by atoms with Crippen LogP contribution in [-0.4, -0.2) is 44.4 Å². The molecule has 0 radical (unpaired) electrons. The maximum Gasteiger partial charge on any atom is 0.0971 e. The van der Waals surface area contributed by atoms with Gasteiger partial charge in [0.15, 0.2) is 0 Å². The van der Waals surface area contributed by atoms with Crippen molar-refractivity contribution in [3.05, 3.63) is 34.3 Å². The molecule has 106 valence electrons. The van der Waals surface area contributed by atoms with E-state index in [9.17, 15) is 0 Å². The second-order valence-electron chi connectivity index (χ2n) is 4.87. The Balaban J connectivity index is 2.02. The van der Waals surface area contributed by atoms with E-state index in [0.717, 1.165) is 35.8 Å². The lowest BCUT2D eigenvalue weighted by Gasteiger charge is -2.16. The van der Waals surface area contributed by atoms with Gasteiger partial charge in [0.1, 0.15) is 0 Å². The van der Waals surface area contributed by atoms with Crippen LogP contribution in [0.25, 0.3) is 0 Å². The Labute approximate surface area is 119 Å². The summed E-state index contributed by atoms with van der Waals surface area (Å²) in [5, 5.41) is 0.776. The van der Waals surface area contributed by atoms with Crippen LogP contribution < -0.4 is 5.73 Å². The van der Waals surface area contributed by atoms with Crippen LogP contribution in [0.15, 0.2) is 18.2 Å². The molecule has 1 aliphatic rings. The summed E-state index contributed by atoms with van der Waals surface area (Å²) in [4.78, 5) is 2.30. The molecule has 19 heavy (non-hydrogen) atoms. The number of halogens is 1. The molecule has 0 aliphatic carbocycles. The van der Waals surface area contributed by atoms with Gasteiger partial charge in [0.25, 0.3) is 0 Å². The van der Waals surface area contributed by atoms with Gasteiger partial charge in [0.05, 0.1) is 12.2 Å². The number of likely N-dealkylation sites (tertiary alicyclic amines) is 1. The molecule has 2 atom stereocenters. The molecule has 4 nitrogen and oxygen atoms in total. The average molecular weight is 285 g/mol. The van der Waals surface area contributed by atoms with Crippen LogP contribution in [0, 0.1) is 0 Å². The van der Waals surface area contributed by atoms with E-state index in [0.29, 0.717) is 6.54 Å². The maximum absolute atomic E-state index is 6.28. The minimum absolute atomic E-state index is 0.132. The predicted octanol–water partition coefficient (Wildman–Crippen LogP) is 1.64. The first kappa shape index (κ1) is 14.8. The normalized spacial score (nSPS) is 24.0. The number of nitrogens with two attached hydrogens (primary N) is 1. The summed E-state index contributed by atoms with van der Waals surface area (Å²) in [5.41, 5.74) is 7.77. The molecule has 1 fully saturated rings. The molecule has 1 aromatic carbocycles. The third kappa shape index (κ3) is 3.46. The van der Waals surface area contributed by atoms with E-state index in [1.165, 1.54) is 0 Å². The van der Waals surface area contributed by atoms with Gasteiger partial charge in [0.2, 0.25) is 0 Å². The van der Waals surface area contributed by atoms with E-state index in [1.54, 1.807) is 14.2 Å². The molecule has 1 saturated heterocycles. The Hall–Kier alpha value is -0.650. The standard InChI is InChI=1S/C14H21ClN2O2/c1-18-13-8-17(9-14(13)19-2)7-11-4-3-10(6-16)5-12(11)15/h3-5,13-14H,6-9,16H2,1-2H3. The number of benzene rings is 1. The van der Waals surface area contributed by atoms with Crippen LogP contribution >= 0.6 is 11.6 Å². The molecule has 5 heteroatoms. The summed E-state index contributed by atoms with van der Waals surface area (Å²) in [5.74, 6) is 0. The Morgan fingerprint density at radius 3 is 2.37 bits per heavy atom. The van der Waals surface area contributed by atoms with E-state index in [1.807, 2.05) is 18.2 Å². The number of rotatable bonds is 5. The van der Waals surface area contributed by atoms with E-state index in [-0.39, 0.29) is 12.2 Å². The third-order valence-electron chi connectivity index (χ3n) is 3.64. The second-order valence-corrected chi connectivity index (χ2v) is 5.28. The summed E-state index contributed by atoms with van der Waals surface area (Å²) < 4.78 is 10.9. The predicted molar refractivity (Wildman–Crippen MR) is 76.2 cm³/mol. The molecule has 0 aromatic heterocycles. The topological polar surface area (TPSA) is 47.7 Å². The minimum Gasteiger partial charge on any atom is -0.377 e. The number of nitrogens with zero attached hydrogens (tertiary/aromatic N) is 1. The average Bonchev–Trinajstić information content (AvgIpc) is 2.83. The van der Waals surface area contributed by atoms with Gasteiger partial charge in [-0.25, -0.2) is 0 Å². The van der Waals surface area contributed by atoms with Crippen LogP contribution in [-0.2, 0) is 22.6 Å². The molecule has 1 heterocycles. The molecule has 2 unspecified atom stereocenters. The monoisotopic (exact) mass is 284 g/mol. The van der Waals surface area contributed by atoms with E-state index >= 15 is 0 Å². The van der Waals surface area contributed by atoms with Gasteiger partial charge in [-0.15, -0.1) is 0 Å². The molecule has 0 bridgehead atoms. The molecular formula is C14H21ClN2O2. The highest BCUT2D eigenvalue weighted by atomic mass is 35.5. The molecular weight excluding hydrogens is 264 g/mol. The fourth-order valence-corrected chi connectivity index (χ4v) is 2.75.